The van der Waals surface area contributed by atoms with E-state index in [4.69, 9.17) is 37.3 Å². The number of nitro benzene ring substituents is 1. The first kappa shape index (κ1) is 29.0. The fourth-order valence-electron chi connectivity index (χ4n) is 3.65. The van der Waals surface area contributed by atoms with Crippen molar-refractivity contribution < 1.29 is 65.9 Å². The molecule has 2 heterocycles. The lowest BCUT2D eigenvalue weighted by molar-refractivity contribution is -0.385. The average molecular weight is 561 g/mol. The molecule has 0 aromatic heterocycles. The summed E-state index contributed by atoms with van der Waals surface area (Å²) in [6.07, 6.45) is -7.60. The van der Waals surface area contributed by atoms with E-state index in [1.54, 1.807) is 0 Å². The van der Waals surface area contributed by atoms with Crippen LogP contribution in [0.15, 0.2) is 18.2 Å². The van der Waals surface area contributed by atoms with Gasteiger partial charge in [-0.25, -0.2) is 4.57 Å². The monoisotopic (exact) mass is 561 g/mol. The first-order chi connectivity index (χ1) is 17.8. The van der Waals surface area contributed by atoms with E-state index in [2.05, 4.69) is 0 Å². The first-order valence-corrected chi connectivity index (χ1v) is 12.4. The minimum absolute atomic E-state index is 0.0109. The van der Waals surface area contributed by atoms with E-state index in [1.165, 1.54) is 12.1 Å². The fourth-order valence-corrected chi connectivity index (χ4v) is 4.88. The number of nitro groups is 1. The zero-order valence-corrected chi connectivity index (χ0v) is 21.4. The van der Waals surface area contributed by atoms with E-state index in [0.717, 1.165) is 33.8 Å². The van der Waals surface area contributed by atoms with E-state index in [-0.39, 0.29) is 23.6 Å². The van der Waals surface area contributed by atoms with Gasteiger partial charge in [-0.15, -0.1) is 0 Å². The van der Waals surface area contributed by atoms with E-state index < -0.39 is 73.9 Å². The molecule has 2 unspecified atom stereocenters. The number of carbonyl (C=O) groups excluding carboxylic acids is 4. The smallest absolute Gasteiger partial charge is 0.456 e. The largest absolute Gasteiger partial charge is 0.530 e. The third-order valence-electron chi connectivity index (χ3n) is 5.02. The summed E-state index contributed by atoms with van der Waals surface area (Å²) < 4.78 is 55.3. The molecule has 0 bridgehead atoms. The topological polar surface area (TPSA) is 202 Å². The molecule has 208 valence electrons. The summed E-state index contributed by atoms with van der Waals surface area (Å²) in [6.45, 7) is 3.14. The number of esters is 4. The Morgan fingerprint density at radius 3 is 2.11 bits per heavy atom. The molecule has 0 radical (unpaired) electrons. The molecule has 16 nitrogen and oxygen atoms in total. The zero-order chi connectivity index (χ0) is 28.2. The average Bonchev–Trinajstić information content (AvgIpc) is 2.80. The third kappa shape index (κ3) is 7.25. The van der Waals surface area contributed by atoms with Crippen molar-refractivity contribution in [3.63, 3.8) is 0 Å². The van der Waals surface area contributed by atoms with Crippen molar-refractivity contribution in [1.82, 2.24) is 0 Å². The molecule has 1 aromatic carbocycles. The van der Waals surface area contributed by atoms with Gasteiger partial charge in [0.05, 0.1) is 18.1 Å². The summed E-state index contributed by atoms with van der Waals surface area (Å²) in [5.41, 5.74) is 0.0128. The Bertz CT molecular complexity index is 1170. The van der Waals surface area contributed by atoms with Gasteiger partial charge in [-0.2, -0.15) is 0 Å². The molecule has 1 aromatic rings. The first-order valence-electron chi connectivity index (χ1n) is 11.0. The van der Waals surface area contributed by atoms with Crippen LogP contribution in [0.4, 0.5) is 5.69 Å². The quantitative estimate of drug-likeness (QED) is 0.146. The van der Waals surface area contributed by atoms with Crippen LogP contribution in [0.25, 0.3) is 0 Å². The predicted molar refractivity (Wildman–Crippen MR) is 119 cm³/mol. The summed E-state index contributed by atoms with van der Waals surface area (Å²) in [5.74, 6) is -3.39. The molecule has 1 fully saturated rings. The molecule has 0 spiro atoms. The second-order valence-corrected chi connectivity index (χ2v) is 9.62. The highest BCUT2D eigenvalue weighted by Gasteiger charge is 2.54. The molecule has 0 saturated carbocycles. The number of hydrogen-bond acceptors (Lipinski definition) is 15. The van der Waals surface area contributed by atoms with Gasteiger partial charge in [0.1, 0.15) is 11.9 Å². The molecule has 0 amide bonds. The number of phosphoric ester groups is 1. The fraction of sp³-hybridized carbons (Fsp3) is 0.524. The van der Waals surface area contributed by atoms with Crippen molar-refractivity contribution in [2.24, 2.45) is 0 Å². The number of non-ortho nitro benzene ring substituents is 1. The number of nitrogens with zero attached hydrogens (tertiary/aromatic N) is 1. The summed E-state index contributed by atoms with van der Waals surface area (Å²) in [7, 11) is -4.34. The highest BCUT2D eigenvalue weighted by molar-refractivity contribution is 7.49. The Hall–Kier alpha value is -3.59. The van der Waals surface area contributed by atoms with E-state index in [0.29, 0.717) is 0 Å². The molecule has 0 aliphatic carbocycles. The zero-order valence-electron chi connectivity index (χ0n) is 20.6. The van der Waals surface area contributed by atoms with Crippen LogP contribution in [-0.2, 0) is 63.1 Å². The van der Waals surface area contributed by atoms with Crippen LogP contribution in [0.2, 0.25) is 0 Å². The normalized spacial score (nSPS) is 28.2. The number of benzene rings is 1. The predicted octanol–water partition coefficient (Wildman–Crippen LogP) is 1.71. The lowest BCUT2D eigenvalue weighted by Gasteiger charge is -2.43. The van der Waals surface area contributed by atoms with Crippen LogP contribution in [-0.4, -0.2) is 66.1 Å². The van der Waals surface area contributed by atoms with Crippen LogP contribution in [0.5, 0.6) is 5.75 Å². The minimum atomic E-state index is -4.34. The SMILES string of the molecule is CC(=O)OC1O[C@H](COP2(=O)OCc3cc([N+](=O)[O-])ccc3O2)[C@@H](OC(C)=O)[C@H](OC(C)=O)[C@@H]1OC(C)=O. The lowest BCUT2D eigenvalue weighted by Crippen LogP contribution is -2.63. The standard InChI is InChI=1S/C21H24NO15P/c1-10(23)32-18-17(36-21(35-13(4)26)20(34-12(3)25)19(18)33-11(2)24)9-31-38(29)30-8-14-7-15(22(27)28)5-6-16(14)37-38/h5-7,17-21H,8-9H2,1-4H3/t17-,18-,19+,20+,21?,38?/m1/s1. The summed E-state index contributed by atoms with van der Waals surface area (Å²) in [4.78, 5) is 57.4. The number of hydrogen-bond donors (Lipinski definition) is 0. The van der Waals surface area contributed by atoms with Gasteiger partial charge in [-0.1, -0.05) is 0 Å². The summed E-state index contributed by atoms with van der Waals surface area (Å²) >= 11 is 0. The van der Waals surface area contributed by atoms with E-state index >= 15 is 0 Å². The maximum absolute atomic E-state index is 13.1. The van der Waals surface area contributed by atoms with Gasteiger partial charge in [0.15, 0.2) is 12.2 Å². The molecule has 2 aliphatic rings. The van der Waals surface area contributed by atoms with Crippen LogP contribution in [0.1, 0.15) is 33.3 Å². The highest BCUT2D eigenvalue weighted by Crippen LogP contribution is 2.55. The van der Waals surface area contributed by atoms with Gasteiger partial charge in [-0.3, -0.25) is 38.3 Å². The molecule has 38 heavy (non-hydrogen) atoms. The summed E-state index contributed by atoms with van der Waals surface area (Å²) in [6, 6.07) is 3.54. The number of carbonyl (C=O) groups is 4. The minimum Gasteiger partial charge on any atom is -0.456 e. The maximum atomic E-state index is 13.1. The van der Waals surface area contributed by atoms with E-state index in [9.17, 15) is 33.9 Å². The molecule has 17 heteroatoms. The molecule has 3 rings (SSSR count). The molecule has 2 aliphatic heterocycles. The van der Waals surface area contributed by atoms with Crippen LogP contribution >= 0.6 is 7.82 Å². The van der Waals surface area contributed by atoms with Crippen molar-refractivity contribution in [3.05, 3.63) is 33.9 Å². The molecule has 1 saturated heterocycles. The van der Waals surface area contributed by atoms with Gasteiger partial charge in [-0.05, 0) is 6.07 Å². The number of fused-ring (bicyclic) bond motifs is 1. The molecule has 0 N–H and O–H groups in total. The van der Waals surface area contributed by atoms with Crippen molar-refractivity contribution in [2.45, 2.75) is 65.0 Å². The van der Waals surface area contributed by atoms with Gasteiger partial charge in [0, 0.05) is 45.4 Å². The molecule has 6 atom stereocenters. The van der Waals surface area contributed by atoms with Crippen molar-refractivity contribution >= 4 is 37.4 Å². The Balaban J connectivity index is 1.86. The third-order valence-corrected chi connectivity index (χ3v) is 6.35. The Kier molecular flexibility index (Phi) is 9.04. The maximum Gasteiger partial charge on any atom is 0.530 e. The number of ether oxygens (including phenoxy) is 5. The Labute approximate surface area is 215 Å². The Morgan fingerprint density at radius 1 is 0.947 bits per heavy atom. The van der Waals surface area contributed by atoms with Crippen molar-refractivity contribution in [2.75, 3.05) is 6.61 Å². The van der Waals surface area contributed by atoms with Crippen molar-refractivity contribution in [3.8, 4) is 5.75 Å². The van der Waals surface area contributed by atoms with Gasteiger partial charge >= 0.3 is 31.7 Å². The van der Waals surface area contributed by atoms with Gasteiger partial charge in [0.25, 0.3) is 5.69 Å². The number of phosphoric acid groups is 1. The second kappa shape index (κ2) is 11.9. The summed E-state index contributed by atoms with van der Waals surface area (Å²) in [5, 5.41) is 11.0. The van der Waals surface area contributed by atoms with Gasteiger partial charge < -0.3 is 28.2 Å². The van der Waals surface area contributed by atoms with Gasteiger partial charge in [0.2, 0.25) is 12.4 Å². The second-order valence-electron chi connectivity index (χ2n) is 8.03. The van der Waals surface area contributed by atoms with Crippen LogP contribution in [0.3, 0.4) is 0 Å². The lowest BCUT2D eigenvalue weighted by atomic mass is 9.98. The van der Waals surface area contributed by atoms with E-state index in [1.807, 2.05) is 0 Å². The van der Waals surface area contributed by atoms with Crippen LogP contribution in [0, 0.1) is 10.1 Å². The number of rotatable bonds is 8. The van der Waals surface area contributed by atoms with Crippen LogP contribution < -0.4 is 4.52 Å². The molecular weight excluding hydrogens is 537 g/mol. The molecular formula is C21H24NO15P. The Morgan fingerprint density at radius 2 is 1.53 bits per heavy atom. The highest BCUT2D eigenvalue weighted by atomic mass is 31.2. The van der Waals surface area contributed by atoms with Crippen molar-refractivity contribution in [1.29, 1.82) is 0 Å².